The summed E-state index contributed by atoms with van der Waals surface area (Å²) in [6.45, 7) is 2.45. The summed E-state index contributed by atoms with van der Waals surface area (Å²) in [4.78, 5) is 10.3. The average Bonchev–Trinajstić information content (AvgIpc) is 2.86. The predicted octanol–water partition coefficient (Wildman–Crippen LogP) is 1.90. The number of rotatable bonds is 4. The van der Waals surface area contributed by atoms with Crippen LogP contribution < -0.4 is 0 Å². The van der Waals surface area contributed by atoms with E-state index in [4.69, 9.17) is 0 Å². The molecule has 76 valence electrons. The highest BCUT2D eigenvalue weighted by molar-refractivity contribution is 5.21. The topological polar surface area (TPSA) is 61.0 Å². The largest absolute Gasteiger partial charge is 0.358 e. The molecule has 1 aliphatic rings. The third kappa shape index (κ3) is 1.92. The molecule has 2 rings (SSSR count). The standard InChI is InChI=1S/C9H13N3O2/c1-7-6-9(12(13)14)11(10-7)5-4-8-2-3-8/h6,8H,2-5H2,1H3. The van der Waals surface area contributed by atoms with Gasteiger partial charge < -0.3 is 10.1 Å². The van der Waals surface area contributed by atoms with Crippen LogP contribution in [0.2, 0.25) is 0 Å². The van der Waals surface area contributed by atoms with E-state index in [1.54, 1.807) is 6.92 Å². The number of aromatic nitrogens is 2. The summed E-state index contributed by atoms with van der Waals surface area (Å²) >= 11 is 0. The van der Waals surface area contributed by atoms with Gasteiger partial charge in [0.15, 0.2) is 0 Å². The van der Waals surface area contributed by atoms with Crippen molar-refractivity contribution in [1.29, 1.82) is 0 Å². The van der Waals surface area contributed by atoms with Crippen LogP contribution in [-0.4, -0.2) is 14.7 Å². The highest BCUT2D eigenvalue weighted by atomic mass is 16.6. The van der Waals surface area contributed by atoms with Crippen LogP contribution in [0.25, 0.3) is 0 Å². The maximum atomic E-state index is 10.6. The first kappa shape index (κ1) is 9.18. The van der Waals surface area contributed by atoms with E-state index in [-0.39, 0.29) is 10.7 Å². The molecule has 1 aromatic rings. The van der Waals surface area contributed by atoms with Crippen molar-refractivity contribution >= 4 is 5.82 Å². The zero-order chi connectivity index (χ0) is 10.1. The molecule has 0 atom stereocenters. The van der Waals surface area contributed by atoms with Gasteiger partial charge in [-0.3, -0.25) is 0 Å². The second-order valence-corrected chi connectivity index (χ2v) is 3.86. The maximum Gasteiger partial charge on any atom is 0.345 e. The molecule has 0 amide bonds. The SMILES string of the molecule is Cc1cc([N+](=O)[O-])n(CCC2CC2)n1. The fraction of sp³-hybridized carbons (Fsp3) is 0.667. The summed E-state index contributed by atoms with van der Waals surface area (Å²) in [5.41, 5.74) is 0.715. The second-order valence-electron chi connectivity index (χ2n) is 3.86. The maximum absolute atomic E-state index is 10.6. The molecule has 0 unspecified atom stereocenters. The Morgan fingerprint density at radius 2 is 2.43 bits per heavy atom. The van der Waals surface area contributed by atoms with E-state index >= 15 is 0 Å². The molecule has 0 spiro atoms. The Bertz CT molecular complexity index is 355. The van der Waals surface area contributed by atoms with E-state index in [0.717, 1.165) is 12.3 Å². The number of hydrogen-bond donors (Lipinski definition) is 0. The van der Waals surface area contributed by atoms with Gasteiger partial charge in [-0.25, -0.2) is 0 Å². The van der Waals surface area contributed by atoms with Gasteiger partial charge >= 0.3 is 5.82 Å². The Balaban J connectivity index is 2.09. The molecule has 14 heavy (non-hydrogen) atoms. The van der Waals surface area contributed by atoms with Crippen molar-refractivity contribution < 1.29 is 4.92 Å². The number of nitro groups is 1. The third-order valence-electron chi connectivity index (χ3n) is 2.51. The minimum atomic E-state index is -0.368. The second kappa shape index (κ2) is 3.40. The van der Waals surface area contributed by atoms with Gasteiger partial charge in [-0.05, 0) is 24.2 Å². The number of aryl methyl sites for hydroxylation is 2. The number of hydrogen-bond acceptors (Lipinski definition) is 3. The van der Waals surface area contributed by atoms with Crippen molar-refractivity contribution in [2.45, 2.75) is 32.7 Å². The highest BCUT2D eigenvalue weighted by Crippen LogP contribution is 2.33. The van der Waals surface area contributed by atoms with Crippen LogP contribution in [0.15, 0.2) is 6.07 Å². The highest BCUT2D eigenvalue weighted by Gasteiger charge is 2.24. The molecule has 1 heterocycles. The smallest absolute Gasteiger partial charge is 0.345 e. The summed E-state index contributed by atoms with van der Waals surface area (Å²) in [6, 6.07) is 1.52. The average molecular weight is 195 g/mol. The van der Waals surface area contributed by atoms with Gasteiger partial charge in [-0.1, -0.05) is 17.9 Å². The molecule has 0 radical (unpaired) electrons. The zero-order valence-corrected chi connectivity index (χ0v) is 8.14. The quantitative estimate of drug-likeness (QED) is 0.544. The Morgan fingerprint density at radius 3 is 3.00 bits per heavy atom. The lowest BCUT2D eigenvalue weighted by atomic mass is 10.3. The van der Waals surface area contributed by atoms with Crippen LogP contribution in [0.1, 0.15) is 25.0 Å². The van der Waals surface area contributed by atoms with Crippen molar-refractivity contribution in [3.05, 3.63) is 21.9 Å². The summed E-state index contributed by atoms with van der Waals surface area (Å²) < 4.78 is 1.51. The summed E-state index contributed by atoms with van der Waals surface area (Å²) in [7, 11) is 0. The molecule has 5 heteroatoms. The van der Waals surface area contributed by atoms with Crippen LogP contribution in [0.3, 0.4) is 0 Å². The molecule has 1 aliphatic carbocycles. The predicted molar refractivity (Wildman–Crippen MR) is 51.0 cm³/mol. The minimum absolute atomic E-state index is 0.114. The van der Waals surface area contributed by atoms with Crippen LogP contribution in [0.5, 0.6) is 0 Å². The van der Waals surface area contributed by atoms with Gasteiger partial charge in [-0.15, -0.1) is 4.68 Å². The summed E-state index contributed by atoms with van der Waals surface area (Å²) in [5, 5.41) is 14.7. The molecule has 0 saturated heterocycles. The normalized spacial score (nSPS) is 15.8. The van der Waals surface area contributed by atoms with Crippen LogP contribution in [-0.2, 0) is 6.54 Å². The zero-order valence-electron chi connectivity index (χ0n) is 8.14. The Labute approximate surface area is 81.9 Å². The minimum Gasteiger partial charge on any atom is -0.358 e. The van der Waals surface area contributed by atoms with E-state index in [0.29, 0.717) is 12.2 Å². The lowest BCUT2D eigenvalue weighted by Crippen LogP contribution is -2.05. The van der Waals surface area contributed by atoms with Gasteiger partial charge in [0.05, 0.1) is 11.8 Å². The van der Waals surface area contributed by atoms with Crippen molar-refractivity contribution in [3.8, 4) is 0 Å². The van der Waals surface area contributed by atoms with Crippen LogP contribution in [0.4, 0.5) is 5.82 Å². The van der Waals surface area contributed by atoms with Gasteiger partial charge in [-0.2, -0.15) is 0 Å². The molecule has 1 aromatic heterocycles. The lowest BCUT2D eigenvalue weighted by molar-refractivity contribution is -0.392. The Hall–Kier alpha value is -1.39. The molecule has 5 nitrogen and oxygen atoms in total. The van der Waals surface area contributed by atoms with Gasteiger partial charge in [0.2, 0.25) is 0 Å². The summed E-state index contributed by atoms with van der Waals surface area (Å²) in [5.74, 6) is 0.891. The molecule has 1 fully saturated rings. The van der Waals surface area contributed by atoms with Crippen molar-refractivity contribution in [2.75, 3.05) is 0 Å². The third-order valence-corrected chi connectivity index (χ3v) is 2.51. The first-order valence-electron chi connectivity index (χ1n) is 4.85. The van der Waals surface area contributed by atoms with E-state index in [1.165, 1.54) is 23.6 Å². The first-order valence-corrected chi connectivity index (χ1v) is 4.85. The molecular formula is C9H13N3O2. The molecule has 0 aromatic carbocycles. The van der Waals surface area contributed by atoms with E-state index in [1.807, 2.05) is 0 Å². The first-order chi connectivity index (χ1) is 6.66. The lowest BCUT2D eigenvalue weighted by Gasteiger charge is -1.97. The van der Waals surface area contributed by atoms with E-state index < -0.39 is 0 Å². The van der Waals surface area contributed by atoms with Crippen molar-refractivity contribution in [2.24, 2.45) is 5.92 Å². The fourth-order valence-corrected chi connectivity index (χ4v) is 1.55. The molecular weight excluding hydrogens is 182 g/mol. The summed E-state index contributed by atoms with van der Waals surface area (Å²) in [6.07, 6.45) is 3.56. The Kier molecular flexibility index (Phi) is 2.23. The monoisotopic (exact) mass is 195 g/mol. The van der Waals surface area contributed by atoms with E-state index in [9.17, 15) is 10.1 Å². The van der Waals surface area contributed by atoms with Crippen molar-refractivity contribution in [3.63, 3.8) is 0 Å². The van der Waals surface area contributed by atoms with Gasteiger partial charge in [0, 0.05) is 0 Å². The number of nitrogens with zero attached hydrogens (tertiary/aromatic N) is 3. The molecule has 0 N–H and O–H groups in total. The fourth-order valence-electron chi connectivity index (χ4n) is 1.55. The van der Waals surface area contributed by atoms with E-state index in [2.05, 4.69) is 5.10 Å². The van der Waals surface area contributed by atoms with Gasteiger partial charge in [0.1, 0.15) is 6.54 Å². The molecule has 0 bridgehead atoms. The molecule has 1 saturated carbocycles. The van der Waals surface area contributed by atoms with Crippen LogP contribution >= 0.6 is 0 Å². The van der Waals surface area contributed by atoms with Gasteiger partial charge in [0.25, 0.3) is 0 Å². The molecule has 0 aliphatic heterocycles. The van der Waals surface area contributed by atoms with Crippen molar-refractivity contribution in [1.82, 2.24) is 9.78 Å². The van der Waals surface area contributed by atoms with Crippen LogP contribution in [0, 0.1) is 23.0 Å². The Morgan fingerprint density at radius 1 is 1.71 bits per heavy atom.